The molecular formula is C11H22N2O2. The van der Waals surface area contributed by atoms with Crippen molar-refractivity contribution in [3.8, 4) is 0 Å². The van der Waals surface area contributed by atoms with Crippen molar-refractivity contribution in [1.29, 1.82) is 0 Å². The van der Waals surface area contributed by atoms with Crippen LogP contribution in [0.2, 0.25) is 0 Å². The first-order valence-corrected chi connectivity index (χ1v) is 5.73. The molecule has 0 bridgehead atoms. The Hall–Kier alpha value is -0.610. The fraction of sp³-hybridized carbons (Fsp3) is 0.909. The van der Waals surface area contributed by atoms with E-state index in [1.165, 1.54) is 25.7 Å². The molecule has 1 rings (SSSR count). The van der Waals surface area contributed by atoms with Crippen molar-refractivity contribution >= 4 is 5.91 Å². The van der Waals surface area contributed by atoms with Crippen molar-refractivity contribution < 1.29 is 9.53 Å². The van der Waals surface area contributed by atoms with Gasteiger partial charge in [-0.1, -0.05) is 12.8 Å². The monoisotopic (exact) mass is 214 g/mol. The van der Waals surface area contributed by atoms with Crippen molar-refractivity contribution in [1.82, 2.24) is 0 Å². The average molecular weight is 214 g/mol. The Morgan fingerprint density at radius 1 is 1.47 bits per heavy atom. The Morgan fingerprint density at radius 2 is 2.07 bits per heavy atom. The Bertz CT molecular complexity index is 211. The van der Waals surface area contributed by atoms with E-state index in [0.717, 1.165) is 6.42 Å². The molecule has 1 unspecified atom stereocenters. The summed E-state index contributed by atoms with van der Waals surface area (Å²) in [4.78, 5) is 10.9. The topological polar surface area (TPSA) is 78.3 Å². The van der Waals surface area contributed by atoms with E-state index in [1.807, 2.05) is 0 Å². The highest BCUT2D eigenvalue weighted by Gasteiger charge is 2.25. The van der Waals surface area contributed by atoms with Gasteiger partial charge >= 0.3 is 0 Å². The first kappa shape index (κ1) is 12.5. The zero-order valence-electron chi connectivity index (χ0n) is 9.50. The fourth-order valence-electron chi connectivity index (χ4n) is 1.87. The number of hydrogen-bond acceptors (Lipinski definition) is 3. The molecule has 0 aromatic rings. The molecule has 1 fully saturated rings. The number of primary amides is 1. The molecule has 0 heterocycles. The van der Waals surface area contributed by atoms with Crippen LogP contribution in [-0.2, 0) is 9.53 Å². The number of carbonyl (C=O) groups excluding carboxylic acids is 1. The summed E-state index contributed by atoms with van der Waals surface area (Å²) in [6.45, 7) is 2.36. The molecule has 0 aliphatic heterocycles. The van der Waals surface area contributed by atoms with Gasteiger partial charge in [0.2, 0.25) is 5.91 Å². The third-order valence-corrected chi connectivity index (χ3v) is 3.06. The second-order valence-electron chi connectivity index (χ2n) is 4.66. The molecule has 4 nitrogen and oxygen atoms in total. The summed E-state index contributed by atoms with van der Waals surface area (Å²) in [5.41, 5.74) is 10.0. The highest BCUT2D eigenvalue weighted by molar-refractivity contribution is 5.83. The van der Waals surface area contributed by atoms with E-state index in [4.69, 9.17) is 16.2 Å². The van der Waals surface area contributed by atoms with Crippen LogP contribution in [0, 0.1) is 0 Å². The Kier molecular flexibility index (Phi) is 4.54. The van der Waals surface area contributed by atoms with Crippen molar-refractivity contribution in [3.63, 3.8) is 0 Å². The summed E-state index contributed by atoms with van der Waals surface area (Å²) < 4.78 is 5.67. The van der Waals surface area contributed by atoms with Gasteiger partial charge < -0.3 is 16.2 Å². The predicted molar refractivity (Wildman–Crippen MR) is 59.2 cm³/mol. The molecule has 15 heavy (non-hydrogen) atoms. The predicted octanol–water partition coefficient (Wildman–Crippen LogP) is 0.929. The van der Waals surface area contributed by atoms with Crippen LogP contribution in [0.5, 0.6) is 0 Å². The molecule has 4 N–H and O–H groups in total. The van der Waals surface area contributed by atoms with E-state index in [9.17, 15) is 4.79 Å². The number of rotatable bonds is 6. The summed E-state index contributed by atoms with van der Waals surface area (Å²) >= 11 is 0. The second-order valence-corrected chi connectivity index (χ2v) is 4.66. The summed E-state index contributed by atoms with van der Waals surface area (Å²) in [5.74, 6) is -0.441. The molecular weight excluding hydrogens is 192 g/mol. The number of amides is 1. The summed E-state index contributed by atoms with van der Waals surface area (Å²) in [6, 6.07) is 0. The molecule has 1 aliphatic carbocycles. The Morgan fingerprint density at radius 3 is 2.60 bits per heavy atom. The molecule has 0 spiro atoms. The number of carbonyl (C=O) groups is 1. The maximum atomic E-state index is 10.9. The summed E-state index contributed by atoms with van der Waals surface area (Å²) in [6.07, 6.45) is 6.73. The quantitative estimate of drug-likeness (QED) is 0.645. The van der Waals surface area contributed by atoms with Crippen LogP contribution in [0.3, 0.4) is 0 Å². The van der Waals surface area contributed by atoms with E-state index >= 15 is 0 Å². The molecule has 0 aromatic carbocycles. The molecule has 1 aliphatic rings. The van der Waals surface area contributed by atoms with Crippen molar-refractivity contribution in [2.45, 2.75) is 57.1 Å². The van der Waals surface area contributed by atoms with Crippen LogP contribution < -0.4 is 11.5 Å². The SMILES string of the molecule is CC(N)(CCCOC1CCCC1)C(N)=O. The van der Waals surface area contributed by atoms with Crippen molar-refractivity contribution in [2.24, 2.45) is 11.5 Å². The normalized spacial score (nSPS) is 21.5. The van der Waals surface area contributed by atoms with Gasteiger partial charge in [-0.25, -0.2) is 0 Å². The zero-order chi connectivity index (χ0) is 11.3. The average Bonchev–Trinajstić information content (AvgIpc) is 2.64. The minimum Gasteiger partial charge on any atom is -0.378 e. The number of ether oxygens (including phenoxy) is 1. The number of nitrogens with two attached hydrogens (primary N) is 2. The van der Waals surface area contributed by atoms with E-state index in [0.29, 0.717) is 19.1 Å². The van der Waals surface area contributed by atoms with E-state index in [1.54, 1.807) is 6.92 Å². The highest BCUT2D eigenvalue weighted by atomic mass is 16.5. The van der Waals surface area contributed by atoms with Gasteiger partial charge in [-0.15, -0.1) is 0 Å². The second kappa shape index (κ2) is 5.47. The van der Waals surface area contributed by atoms with Crippen LogP contribution in [0.1, 0.15) is 45.4 Å². The van der Waals surface area contributed by atoms with Gasteiger partial charge in [0.1, 0.15) is 0 Å². The molecule has 1 atom stereocenters. The van der Waals surface area contributed by atoms with Crippen LogP contribution in [-0.4, -0.2) is 24.2 Å². The van der Waals surface area contributed by atoms with Gasteiger partial charge in [0.05, 0.1) is 11.6 Å². The standard InChI is InChI=1S/C11H22N2O2/c1-11(13,10(12)14)7-4-8-15-9-5-2-3-6-9/h9H,2-8,13H2,1H3,(H2,12,14). The Labute approximate surface area is 91.3 Å². The first-order chi connectivity index (χ1) is 7.02. The third kappa shape index (κ3) is 4.18. The lowest BCUT2D eigenvalue weighted by atomic mass is 9.97. The molecule has 0 aromatic heterocycles. The maximum absolute atomic E-state index is 10.9. The summed E-state index contributed by atoms with van der Waals surface area (Å²) in [7, 11) is 0. The molecule has 1 amide bonds. The van der Waals surface area contributed by atoms with E-state index in [2.05, 4.69) is 0 Å². The molecule has 1 saturated carbocycles. The van der Waals surface area contributed by atoms with Crippen molar-refractivity contribution in [2.75, 3.05) is 6.61 Å². The van der Waals surface area contributed by atoms with Gasteiger partial charge in [0.25, 0.3) is 0 Å². The third-order valence-electron chi connectivity index (χ3n) is 3.06. The van der Waals surface area contributed by atoms with E-state index < -0.39 is 11.4 Å². The molecule has 88 valence electrons. The first-order valence-electron chi connectivity index (χ1n) is 5.73. The van der Waals surface area contributed by atoms with E-state index in [-0.39, 0.29) is 0 Å². The lowest BCUT2D eigenvalue weighted by Gasteiger charge is -2.20. The fourth-order valence-corrected chi connectivity index (χ4v) is 1.87. The zero-order valence-corrected chi connectivity index (χ0v) is 9.50. The number of hydrogen-bond donors (Lipinski definition) is 2. The molecule has 0 radical (unpaired) electrons. The minimum absolute atomic E-state index is 0.433. The molecule has 0 saturated heterocycles. The van der Waals surface area contributed by atoms with Gasteiger partial charge in [-0.05, 0) is 32.6 Å². The van der Waals surface area contributed by atoms with Gasteiger partial charge in [0.15, 0.2) is 0 Å². The van der Waals surface area contributed by atoms with Crippen LogP contribution >= 0.6 is 0 Å². The lowest BCUT2D eigenvalue weighted by Crippen LogP contribution is -2.49. The van der Waals surface area contributed by atoms with Gasteiger partial charge in [-0.2, -0.15) is 0 Å². The van der Waals surface area contributed by atoms with Crippen molar-refractivity contribution in [3.05, 3.63) is 0 Å². The lowest BCUT2D eigenvalue weighted by molar-refractivity contribution is -0.122. The smallest absolute Gasteiger partial charge is 0.237 e. The van der Waals surface area contributed by atoms with Crippen LogP contribution in [0.4, 0.5) is 0 Å². The minimum atomic E-state index is -0.890. The largest absolute Gasteiger partial charge is 0.378 e. The van der Waals surface area contributed by atoms with Crippen LogP contribution in [0.15, 0.2) is 0 Å². The highest BCUT2D eigenvalue weighted by Crippen LogP contribution is 2.21. The summed E-state index contributed by atoms with van der Waals surface area (Å²) in [5, 5.41) is 0. The maximum Gasteiger partial charge on any atom is 0.237 e. The van der Waals surface area contributed by atoms with Crippen LogP contribution in [0.25, 0.3) is 0 Å². The molecule has 4 heteroatoms. The Balaban J connectivity index is 2.08. The van der Waals surface area contributed by atoms with Gasteiger partial charge in [0, 0.05) is 6.61 Å². The van der Waals surface area contributed by atoms with Gasteiger partial charge in [-0.3, -0.25) is 4.79 Å².